The average molecular weight is 297 g/mol. The van der Waals surface area contributed by atoms with Crippen LogP contribution in [0.2, 0.25) is 0 Å². The SMILES string of the molecule is O=C(O)c1cccc(-c2ccccn2)c1Nc1nccs1. The number of nitrogens with one attached hydrogen (secondary N) is 1. The predicted molar refractivity (Wildman–Crippen MR) is 82.0 cm³/mol. The Bertz CT molecular complexity index is 758. The topological polar surface area (TPSA) is 75.1 Å². The Morgan fingerprint density at radius 3 is 2.67 bits per heavy atom. The number of hydrogen-bond donors (Lipinski definition) is 2. The lowest BCUT2D eigenvalue weighted by atomic mass is 10.0. The smallest absolute Gasteiger partial charge is 0.337 e. The third-order valence-corrected chi connectivity index (χ3v) is 3.59. The van der Waals surface area contributed by atoms with E-state index in [2.05, 4.69) is 15.3 Å². The van der Waals surface area contributed by atoms with Crippen LogP contribution in [0.5, 0.6) is 0 Å². The minimum Gasteiger partial charge on any atom is -0.478 e. The molecule has 0 amide bonds. The van der Waals surface area contributed by atoms with Crippen molar-refractivity contribution in [1.82, 2.24) is 9.97 Å². The maximum atomic E-state index is 11.5. The first kappa shape index (κ1) is 13.3. The molecule has 104 valence electrons. The molecule has 2 N–H and O–H groups in total. The highest BCUT2D eigenvalue weighted by Crippen LogP contribution is 2.32. The molecule has 0 bridgehead atoms. The number of hydrogen-bond acceptors (Lipinski definition) is 5. The number of anilines is 2. The number of para-hydroxylation sites is 1. The average Bonchev–Trinajstić information content (AvgIpc) is 3.01. The van der Waals surface area contributed by atoms with Gasteiger partial charge in [-0.2, -0.15) is 0 Å². The second kappa shape index (κ2) is 5.72. The van der Waals surface area contributed by atoms with Crippen molar-refractivity contribution in [3.05, 3.63) is 59.7 Å². The molecule has 0 saturated heterocycles. The lowest BCUT2D eigenvalue weighted by Gasteiger charge is -2.12. The van der Waals surface area contributed by atoms with Crippen LogP contribution in [0.3, 0.4) is 0 Å². The zero-order chi connectivity index (χ0) is 14.7. The molecular formula is C15H11N3O2S. The number of carboxylic acid groups (broad SMARTS) is 1. The summed E-state index contributed by atoms with van der Waals surface area (Å²) in [5.74, 6) is -0.994. The molecule has 2 aromatic heterocycles. The van der Waals surface area contributed by atoms with E-state index in [0.29, 0.717) is 16.5 Å². The van der Waals surface area contributed by atoms with Crippen LogP contribution in [0.25, 0.3) is 11.3 Å². The van der Waals surface area contributed by atoms with Gasteiger partial charge < -0.3 is 10.4 Å². The summed E-state index contributed by atoms with van der Waals surface area (Å²) in [5, 5.41) is 14.9. The first-order valence-electron chi connectivity index (χ1n) is 6.20. The molecule has 6 heteroatoms. The lowest BCUT2D eigenvalue weighted by Crippen LogP contribution is -2.04. The molecule has 0 aliphatic carbocycles. The molecule has 0 spiro atoms. The summed E-state index contributed by atoms with van der Waals surface area (Å²) in [4.78, 5) is 19.9. The third-order valence-electron chi connectivity index (χ3n) is 2.90. The van der Waals surface area contributed by atoms with Crippen molar-refractivity contribution in [3.63, 3.8) is 0 Å². The van der Waals surface area contributed by atoms with E-state index in [0.717, 1.165) is 5.56 Å². The normalized spacial score (nSPS) is 10.3. The van der Waals surface area contributed by atoms with Crippen molar-refractivity contribution >= 4 is 28.1 Å². The first-order valence-corrected chi connectivity index (χ1v) is 7.08. The fourth-order valence-corrected chi connectivity index (χ4v) is 2.53. The fraction of sp³-hybridized carbons (Fsp3) is 0. The molecule has 0 unspecified atom stereocenters. The Labute approximate surface area is 124 Å². The van der Waals surface area contributed by atoms with Crippen molar-refractivity contribution in [3.8, 4) is 11.3 Å². The van der Waals surface area contributed by atoms with Gasteiger partial charge in [0.1, 0.15) is 0 Å². The number of nitrogens with zero attached hydrogens (tertiary/aromatic N) is 2. The van der Waals surface area contributed by atoms with Gasteiger partial charge in [0.25, 0.3) is 0 Å². The molecule has 21 heavy (non-hydrogen) atoms. The van der Waals surface area contributed by atoms with Gasteiger partial charge in [-0.3, -0.25) is 4.98 Å². The van der Waals surface area contributed by atoms with Gasteiger partial charge in [0, 0.05) is 23.3 Å². The fourth-order valence-electron chi connectivity index (χ4n) is 1.99. The quantitative estimate of drug-likeness (QED) is 0.769. The largest absolute Gasteiger partial charge is 0.478 e. The Morgan fingerprint density at radius 1 is 1.10 bits per heavy atom. The van der Waals surface area contributed by atoms with Crippen molar-refractivity contribution in [2.45, 2.75) is 0 Å². The number of carboxylic acids is 1. The Balaban J connectivity index is 2.15. The van der Waals surface area contributed by atoms with E-state index in [1.807, 2.05) is 29.6 Å². The maximum Gasteiger partial charge on any atom is 0.337 e. The van der Waals surface area contributed by atoms with Crippen LogP contribution < -0.4 is 5.32 Å². The van der Waals surface area contributed by atoms with Crippen molar-refractivity contribution in [2.24, 2.45) is 0 Å². The molecular weight excluding hydrogens is 286 g/mol. The van der Waals surface area contributed by atoms with Gasteiger partial charge in [0.15, 0.2) is 5.13 Å². The molecule has 0 aliphatic heterocycles. The summed E-state index contributed by atoms with van der Waals surface area (Å²) >= 11 is 1.41. The van der Waals surface area contributed by atoms with Gasteiger partial charge in [-0.05, 0) is 18.2 Å². The van der Waals surface area contributed by atoms with E-state index in [-0.39, 0.29) is 5.56 Å². The highest BCUT2D eigenvalue weighted by molar-refractivity contribution is 7.13. The summed E-state index contributed by atoms with van der Waals surface area (Å²) < 4.78 is 0. The second-order valence-electron chi connectivity index (χ2n) is 4.21. The number of aromatic carboxylic acids is 1. The van der Waals surface area contributed by atoms with Crippen LogP contribution in [-0.2, 0) is 0 Å². The van der Waals surface area contributed by atoms with Crippen LogP contribution >= 0.6 is 11.3 Å². The predicted octanol–water partition coefficient (Wildman–Crippen LogP) is 3.65. The molecule has 3 aromatic rings. The van der Waals surface area contributed by atoms with E-state index in [4.69, 9.17) is 0 Å². The van der Waals surface area contributed by atoms with Crippen molar-refractivity contribution < 1.29 is 9.90 Å². The third kappa shape index (κ3) is 2.75. The monoisotopic (exact) mass is 297 g/mol. The zero-order valence-electron chi connectivity index (χ0n) is 10.9. The van der Waals surface area contributed by atoms with Crippen molar-refractivity contribution in [1.29, 1.82) is 0 Å². The van der Waals surface area contributed by atoms with Gasteiger partial charge >= 0.3 is 5.97 Å². The first-order chi connectivity index (χ1) is 10.3. The number of carbonyl (C=O) groups is 1. The van der Waals surface area contributed by atoms with E-state index in [9.17, 15) is 9.90 Å². The van der Waals surface area contributed by atoms with Gasteiger partial charge in [-0.1, -0.05) is 18.2 Å². The molecule has 0 saturated carbocycles. The number of rotatable bonds is 4. The summed E-state index contributed by atoms with van der Waals surface area (Å²) in [6.07, 6.45) is 3.34. The highest BCUT2D eigenvalue weighted by Gasteiger charge is 2.16. The molecule has 0 aliphatic rings. The summed E-state index contributed by atoms with van der Waals surface area (Å²) in [6, 6.07) is 10.6. The molecule has 1 aromatic carbocycles. The highest BCUT2D eigenvalue weighted by atomic mass is 32.1. The lowest BCUT2D eigenvalue weighted by molar-refractivity contribution is 0.0698. The molecule has 0 atom stereocenters. The van der Waals surface area contributed by atoms with E-state index < -0.39 is 5.97 Å². The van der Waals surface area contributed by atoms with E-state index in [1.54, 1.807) is 24.5 Å². The van der Waals surface area contributed by atoms with E-state index in [1.165, 1.54) is 11.3 Å². The van der Waals surface area contributed by atoms with Gasteiger partial charge in [0.2, 0.25) is 0 Å². The van der Waals surface area contributed by atoms with Crippen LogP contribution in [0.4, 0.5) is 10.8 Å². The number of thiazole rings is 1. The molecule has 2 heterocycles. The van der Waals surface area contributed by atoms with Gasteiger partial charge in [-0.15, -0.1) is 11.3 Å². The van der Waals surface area contributed by atoms with Crippen molar-refractivity contribution in [2.75, 3.05) is 5.32 Å². The summed E-state index contributed by atoms with van der Waals surface area (Å²) in [5.41, 5.74) is 2.12. The number of benzene rings is 1. The summed E-state index contributed by atoms with van der Waals surface area (Å²) in [7, 11) is 0. The number of pyridine rings is 1. The number of aromatic nitrogens is 2. The molecule has 5 nitrogen and oxygen atoms in total. The van der Waals surface area contributed by atoms with E-state index >= 15 is 0 Å². The minimum atomic E-state index is -0.994. The second-order valence-corrected chi connectivity index (χ2v) is 5.11. The standard InChI is InChI=1S/C15H11N3O2S/c19-14(20)11-5-3-4-10(12-6-1-2-7-16-12)13(11)18-15-17-8-9-21-15/h1-9H,(H,17,18)(H,19,20). The van der Waals surface area contributed by atoms with Crippen LogP contribution in [0.1, 0.15) is 10.4 Å². The molecule has 0 radical (unpaired) electrons. The van der Waals surface area contributed by atoms with Gasteiger partial charge in [0.05, 0.1) is 16.9 Å². The minimum absolute atomic E-state index is 0.188. The Kier molecular flexibility index (Phi) is 3.61. The summed E-state index contributed by atoms with van der Waals surface area (Å²) in [6.45, 7) is 0. The zero-order valence-corrected chi connectivity index (χ0v) is 11.7. The van der Waals surface area contributed by atoms with Crippen LogP contribution in [0, 0.1) is 0 Å². The Hall–Kier alpha value is -2.73. The Morgan fingerprint density at radius 2 is 2.00 bits per heavy atom. The molecule has 3 rings (SSSR count). The van der Waals surface area contributed by atoms with Crippen LogP contribution in [-0.4, -0.2) is 21.0 Å². The maximum absolute atomic E-state index is 11.5. The van der Waals surface area contributed by atoms with Gasteiger partial charge in [-0.25, -0.2) is 9.78 Å². The van der Waals surface area contributed by atoms with Crippen LogP contribution in [0.15, 0.2) is 54.2 Å². The molecule has 0 fully saturated rings.